The Labute approximate surface area is 109 Å². The quantitative estimate of drug-likeness (QED) is 0.767. The van der Waals surface area contributed by atoms with Gasteiger partial charge in [0.15, 0.2) is 0 Å². The smallest absolute Gasteiger partial charge is 0.226 e. The van der Waals surface area contributed by atoms with Crippen LogP contribution >= 0.6 is 0 Å². The third kappa shape index (κ3) is 3.12. The zero-order valence-electron chi connectivity index (χ0n) is 11.1. The molecule has 18 heavy (non-hydrogen) atoms. The minimum absolute atomic E-state index is 0.0903. The van der Waals surface area contributed by atoms with E-state index in [1.165, 1.54) is 0 Å². The van der Waals surface area contributed by atoms with Crippen LogP contribution in [0.2, 0.25) is 0 Å². The number of hydrogen-bond donors (Lipinski definition) is 0. The summed E-state index contributed by atoms with van der Waals surface area (Å²) in [6, 6.07) is 0.0903. The highest BCUT2D eigenvalue weighted by Gasteiger charge is 2.22. The Morgan fingerprint density at radius 3 is 2.33 bits per heavy atom. The van der Waals surface area contributed by atoms with Crippen molar-refractivity contribution in [2.45, 2.75) is 51.5 Å². The Bertz CT molecular complexity index is 352. The third-order valence-corrected chi connectivity index (χ3v) is 3.76. The largest absolute Gasteiger partial charge is 0.336 e. The Balaban J connectivity index is 1.91. The summed E-state index contributed by atoms with van der Waals surface area (Å²) in [5, 5.41) is 0. The number of rotatable bonds is 3. The summed E-state index contributed by atoms with van der Waals surface area (Å²) in [5.41, 5.74) is 0. The standard InChI is InChI=1S/C14H22N2O2/c1-12(16-10-5-3-7-14(16)18)8-11-15-9-4-2-6-13(15)17/h8,11-12H,2-7,9-10H2,1H3/b11-8+. The van der Waals surface area contributed by atoms with Gasteiger partial charge in [0.2, 0.25) is 11.8 Å². The summed E-state index contributed by atoms with van der Waals surface area (Å²) in [6.07, 6.45) is 9.35. The van der Waals surface area contributed by atoms with E-state index in [4.69, 9.17) is 0 Å². The molecule has 2 aliphatic rings. The fraction of sp³-hybridized carbons (Fsp3) is 0.714. The molecule has 0 N–H and O–H groups in total. The van der Waals surface area contributed by atoms with Crippen molar-refractivity contribution in [3.8, 4) is 0 Å². The maximum Gasteiger partial charge on any atom is 0.226 e. The summed E-state index contributed by atoms with van der Waals surface area (Å²) < 4.78 is 0. The van der Waals surface area contributed by atoms with Crippen molar-refractivity contribution < 1.29 is 9.59 Å². The zero-order chi connectivity index (χ0) is 13.0. The number of nitrogens with zero attached hydrogens (tertiary/aromatic N) is 2. The van der Waals surface area contributed by atoms with Crippen LogP contribution in [0.4, 0.5) is 0 Å². The third-order valence-electron chi connectivity index (χ3n) is 3.76. The molecule has 0 aromatic heterocycles. The number of hydrogen-bond acceptors (Lipinski definition) is 2. The lowest BCUT2D eigenvalue weighted by molar-refractivity contribution is -0.134. The minimum atomic E-state index is 0.0903. The topological polar surface area (TPSA) is 40.6 Å². The van der Waals surface area contributed by atoms with E-state index >= 15 is 0 Å². The van der Waals surface area contributed by atoms with Gasteiger partial charge in [-0.15, -0.1) is 0 Å². The molecule has 0 aromatic carbocycles. The average Bonchev–Trinajstić information content (AvgIpc) is 2.38. The van der Waals surface area contributed by atoms with E-state index in [9.17, 15) is 9.59 Å². The van der Waals surface area contributed by atoms with E-state index in [0.29, 0.717) is 12.8 Å². The van der Waals surface area contributed by atoms with Gasteiger partial charge in [-0.1, -0.05) is 0 Å². The molecular formula is C14H22N2O2. The molecule has 0 bridgehead atoms. The molecule has 0 radical (unpaired) electrons. The predicted octanol–water partition coefficient (Wildman–Crippen LogP) is 1.91. The summed E-state index contributed by atoms with van der Waals surface area (Å²) in [6.45, 7) is 3.68. The van der Waals surface area contributed by atoms with Crippen molar-refractivity contribution in [3.05, 3.63) is 12.3 Å². The molecule has 0 aliphatic carbocycles. The lowest BCUT2D eigenvalue weighted by Crippen LogP contribution is -2.41. The zero-order valence-corrected chi connectivity index (χ0v) is 11.1. The van der Waals surface area contributed by atoms with Gasteiger partial charge >= 0.3 is 0 Å². The van der Waals surface area contributed by atoms with Gasteiger partial charge in [0.05, 0.1) is 0 Å². The Morgan fingerprint density at radius 2 is 1.67 bits per heavy atom. The highest BCUT2D eigenvalue weighted by Crippen LogP contribution is 2.15. The van der Waals surface area contributed by atoms with Gasteiger partial charge in [-0.3, -0.25) is 9.59 Å². The molecule has 2 amide bonds. The number of amides is 2. The highest BCUT2D eigenvalue weighted by molar-refractivity contribution is 5.78. The minimum Gasteiger partial charge on any atom is -0.336 e. The van der Waals surface area contributed by atoms with Crippen LogP contribution in [0.3, 0.4) is 0 Å². The van der Waals surface area contributed by atoms with Crippen molar-refractivity contribution in [2.75, 3.05) is 13.1 Å². The first-order valence-electron chi connectivity index (χ1n) is 6.96. The molecule has 2 aliphatic heterocycles. The van der Waals surface area contributed by atoms with Crippen LogP contribution in [0.5, 0.6) is 0 Å². The van der Waals surface area contributed by atoms with Gasteiger partial charge in [-0.2, -0.15) is 0 Å². The summed E-state index contributed by atoms with van der Waals surface area (Å²) >= 11 is 0. The lowest BCUT2D eigenvalue weighted by Gasteiger charge is -2.31. The van der Waals surface area contributed by atoms with E-state index in [-0.39, 0.29) is 17.9 Å². The molecule has 4 heteroatoms. The SMILES string of the molecule is CC(/C=C/N1CCCCC1=O)N1CCCCC1=O. The van der Waals surface area contributed by atoms with Crippen molar-refractivity contribution >= 4 is 11.8 Å². The molecule has 0 spiro atoms. The maximum absolute atomic E-state index is 11.8. The molecular weight excluding hydrogens is 228 g/mol. The van der Waals surface area contributed by atoms with E-state index in [1.54, 1.807) is 4.90 Å². The number of likely N-dealkylation sites (tertiary alicyclic amines) is 2. The summed E-state index contributed by atoms with van der Waals surface area (Å²) in [7, 11) is 0. The summed E-state index contributed by atoms with van der Waals surface area (Å²) in [5.74, 6) is 0.443. The van der Waals surface area contributed by atoms with Crippen molar-refractivity contribution in [1.82, 2.24) is 9.80 Å². The Morgan fingerprint density at radius 1 is 1.00 bits per heavy atom. The molecule has 0 aromatic rings. The van der Waals surface area contributed by atoms with E-state index in [1.807, 2.05) is 24.1 Å². The molecule has 100 valence electrons. The molecule has 0 saturated carbocycles. The molecule has 4 nitrogen and oxygen atoms in total. The molecule has 2 heterocycles. The van der Waals surface area contributed by atoms with Gasteiger partial charge in [0.1, 0.15) is 0 Å². The molecule has 2 fully saturated rings. The van der Waals surface area contributed by atoms with Gasteiger partial charge in [-0.25, -0.2) is 0 Å². The fourth-order valence-electron chi connectivity index (χ4n) is 2.57. The van der Waals surface area contributed by atoms with Crippen LogP contribution < -0.4 is 0 Å². The second kappa shape index (κ2) is 6.03. The van der Waals surface area contributed by atoms with Gasteiger partial charge in [-0.05, 0) is 38.7 Å². The first kappa shape index (κ1) is 13.1. The maximum atomic E-state index is 11.8. The molecule has 1 unspecified atom stereocenters. The summed E-state index contributed by atoms with van der Waals surface area (Å²) in [4.78, 5) is 27.1. The Kier molecular flexibility index (Phi) is 4.39. The van der Waals surface area contributed by atoms with Crippen molar-refractivity contribution in [3.63, 3.8) is 0 Å². The van der Waals surface area contributed by atoms with Crippen molar-refractivity contribution in [2.24, 2.45) is 0 Å². The predicted molar refractivity (Wildman–Crippen MR) is 69.7 cm³/mol. The van der Waals surface area contributed by atoms with E-state index in [2.05, 4.69) is 0 Å². The monoisotopic (exact) mass is 250 g/mol. The average molecular weight is 250 g/mol. The highest BCUT2D eigenvalue weighted by atomic mass is 16.2. The van der Waals surface area contributed by atoms with Crippen LogP contribution in [0, 0.1) is 0 Å². The van der Waals surface area contributed by atoms with E-state index in [0.717, 1.165) is 38.8 Å². The second-order valence-electron chi connectivity index (χ2n) is 5.17. The number of piperidine rings is 2. The number of carbonyl (C=O) groups excluding carboxylic acids is 2. The first-order chi connectivity index (χ1) is 8.68. The number of carbonyl (C=O) groups is 2. The normalized spacial score (nSPS) is 23.8. The molecule has 2 saturated heterocycles. The Hall–Kier alpha value is -1.32. The van der Waals surface area contributed by atoms with E-state index < -0.39 is 0 Å². The van der Waals surface area contributed by atoms with Crippen LogP contribution in [-0.4, -0.2) is 40.7 Å². The van der Waals surface area contributed by atoms with Gasteiger partial charge in [0, 0.05) is 38.2 Å². The molecule has 2 rings (SSSR count). The lowest BCUT2D eigenvalue weighted by atomic mass is 10.1. The van der Waals surface area contributed by atoms with Crippen LogP contribution in [0.1, 0.15) is 45.4 Å². The van der Waals surface area contributed by atoms with Crippen LogP contribution in [-0.2, 0) is 9.59 Å². The molecule has 1 atom stereocenters. The fourth-order valence-corrected chi connectivity index (χ4v) is 2.57. The van der Waals surface area contributed by atoms with Gasteiger partial charge < -0.3 is 9.80 Å². The van der Waals surface area contributed by atoms with Crippen LogP contribution in [0.15, 0.2) is 12.3 Å². The second-order valence-corrected chi connectivity index (χ2v) is 5.17. The van der Waals surface area contributed by atoms with Crippen molar-refractivity contribution in [1.29, 1.82) is 0 Å². The van der Waals surface area contributed by atoms with Gasteiger partial charge in [0.25, 0.3) is 0 Å². The first-order valence-corrected chi connectivity index (χ1v) is 6.96. The van der Waals surface area contributed by atoms with Crippen LogP contribution in [0.25, 0.3) is 0 Å².